The molecule has 0 bridgehead atoms. The van der Waals surface area contributed by atoms with Gasteiger partial charge in [0.05, 0.1) is 25.0 Å². The van der Waals surface area contributed by atoms with Crippen LogP contribution in [0.2, 0.25) is 0 Å². The molecule has 0 spiro atoms. The Hall–Kier alpha value is -3.30. The van der Waals surface area contributed by atoms with Crippen LogP contribution < -0.4 is 26.6 Å². The fourth-order valence-corrected chi connectivity index (χ4v) is 5.49. The minimum Gasteiger partial charge on any atom is -0.467 e. The van der Waals surface area contributed by atoms with Crippen LogP contribution in [0, 0.1) is 17.8 Å². The molecule has 0 unspecified atom stereocenters. The number of alkyl carbamates (subject to hydrolysis) is 1. The van der Waals surface area contributed by atoms with Crippen molar-refractivity contribution in [1.82, 2.24) is 26.6 Å². The molecule has 7 N–H and O–H groups in total. The fraction of sp³-hybridized carbons (Fsp3) is 0.743. The van der Waals surface area contributed by atoms with Gasteiger partial charge >= 0.3 is 6.09 Å². The Bertz CT molecular complexity index is 1200. The predicted molar refractivity (Wildman–Crippen MR) is 193 cm³/mol. The van der Waals surface area contributed by atoms with Crippen LogP contribution in [0.1, 0.15) is 93.8 Å². The second-order valence-electron chi connectivity index (χ2n) is 14.8. The molecule has 0 aliphatic carbocycles. The third-order valence-corrected chi connectivity index (χ3v) is 8.15. The molecule has 0 aliphatic rings. The summed E-state index contributed by atoms with van der Waals surface area (Å²) in [5, 5.41) is 35.5. The number of furan rings is 1. The highest BCUT2D eigenvalue weighted by Crippen LogP contribution is 2.16. The molecule has 0 aromatic carbocycles. The summed E-state index contributed by atoms with van der Waals surface area (Å²) in [6.07, 6.45) is 0.0483. The van der Waals surface area contributed by atoms with Gasteiger partial charge in [-0.3, -0.25) is 19.2 Å². The minimum atomic E-state index is -1.68. The second kappa shape index (κ2) is 21.8. The number of hydrogen-bond donors (Lipinski definition) is 7. The zero-order chi connectivity index (χ0) is 38.2. The van der Waals surface area contributed by atoms with Gasteiger partial charge in [0, 0.05) is 6.42 Å². The van der Waals surface area contributed by atoms with Crippen LogP contribution in [0.15, 0.2) is 22.8 Å². The van der Waals surface area contributed by atoms with Gasteiger partial charge in [-0.1, -0.05) is 41.5 Å². The van der Waals surface area contributed by atoms with Crippen LogP contribution in [0.25, 0.3) is 0 Å². The van der Waals surface area contributed by atoms with E-state index in [0.29, 0.717) is 24.4 Å². The number of ether oxygens (including phenoxy) is 1. The van der Waals surface area contributed by atoms with Gasteiger partial charge in [-0.25, -0.2) is 4.79 Å². The molecule has 14 nitrogen and oxygen atoms in total. The average Bonchev–Trinajstić information content (AvgIpc) is 3.52. The van der Waals surface area contributed by atoms with E-state index < -0.39 is 78.1 Å². The number of rotatable bonds is 21. The highest BCUT2D eigenvalue weighted by atomic mass is 32.2. The first-order valence-electron chi connectivity index (χ1n) is 17.3. The molecule has 0 radical (unpaired) electrons. The maximum atomic E-state index is 13.6. The Labute approximate surface area is 301 Å². The zero-order valence-electron chi connectivity index (χ0n) is 31.3. The van der Waals surface area contributed by atoms with Crippen molar-refractivity contribution < 1.29 is 43.3 Å². The van der Waals surface area contributed by atoms with Crippen molar-refractivity contribution in [3.05, 3.63) is 24.2 Å². The van der Waals surface area contributed by atoms with E-state index in [1.807, 2.05) is 34.0 Å². The van der Waals surface area contributed by atoms with Crippen molar-refractivity contribution >= 4 is 41.5 Å². The molecule has 50 heavy (non-hydrogen) atoms. The molecule has 286 valence electrons. The van der Waals surface area contributed by atoms with E-state index in [4.69, 9.17) is 9.15 Å². The maximum absolute atomic E-state index is 13.6. The van der Waals surface area contributed by atoms with Crippen LogP contribution in [-0.2, 0) is 30.5 Å². The summed E-state index contributed by atoms with van der Waals surface area (Å²) in [4.78, 5) is 65.4. The van der Waals surface area contributed by atoms with E-state index in [1.54, 1.807) is 46.8 Å². The van der Waals surface area contributed by atoms with E-state index in [-0.39, 0.29) is 30.7 Å². The number of hydrogen-bond acceptors (Lipinski definition) is 10. The van der Waals surface area contributed by atoms with Gasteiger partial charge in [0.25, 0.3) is 0 Å². The molecule has 5 amide bonds. The lowest BCUT2D eigenvalue weighted by Gasteiger charge is -2.30. The van der Waals surface area contributed by atoms with Gasteiger partial charge < -0.3 is 46.0 Å². The molecule has 0 saturated carbocycles. The first-order valence-corrected chi connectivity index (χ1v) is 18.7. The van der Waals surface area contributed by atoms with E-state index in [1.165, 1.54) is 18.0 Å². The first kappa shape index (κ1) is 44.7. The van der Waals surface area contributed by atoms with Crippen LogP contribution in [-0.4, -0.2) is 93.9 Å². The normalized spacial score (nSPS) is 15.4. The van der Waals surface area contributed by atoms with Crippen LogP contribution in [0.4, 0.5) is 4.79 Å². The van der Waals surface area contributed by atoms with E-state index in [0.717, 1.165) is 0 Å². The number of nitrogens with one attached hydrogen (secondary N) is 5. The van der Waals surface area contributed by atoms with Gasteiger partial charge in [0.2, 0.25) is 23.6 Å². The molecular weight excluding hydrogens is 666 g/mol. The largest absolute Gasteiger partial charge is 0.467 e. The number of thioether (sulfide) groups is 1. The van der Waals surface area contributed by atoms with Crippen molar-refractivity contribution in [1.29, 1.82) is 0 Å². The third-order valence-electron chi connectivity index (χ3n) is 7.51. The standard InChI is InChI=1S/C35H61N5O9S/c1-20(2)16-25(27(41)18-28(42)32(45)39-26(17-21(3)4)30(43)36-19-23-12-11-14-48-23)38-31(44)24(13-15-50-10)37-33(46)29(22(5)6)40-34(47)49-35(7,8)9/h11-12,14,20-22,24-29,41-42H,13,15-19H2,1-10H3,(H,36,43)(H,37,46)(H,38,44)(H,39,45)(H,40,47)/t24-,25-,26-,27-,28+,29-/m0/s1. The molecule has 0 aliphatic heterocycles. The van der Waals surface area contributed by atoms with Crippen molar-refractivity contribution in [2.75, 3.05) is 12.0 Å². The summed E-state index contributed by atoms with van der Waals surface area (Å²) >= 11 is 1.48. The van der Waals surface area contributed by atoms with E-state index >= 15 is 0 Å². The van der Waals surface area contributed by atoms with Crippen LogP contribution >= 0.6 is 11.8 Å². The summed E-state index contributed by atoms with van der Waals surface area (Å²) in [7, 11) is 0. The Kier molecular flexibility index (Phi) is 19.5. The lowest BCUT2D eigenvalue weighted by molar-refractivity contribution is -0.136. The molecule has 1 rings (SSSR count). The van der Waals surface area contributed by atoms with Gasteiger partial charge in [-0.2, -0.15) is 11.8 Å². The topological polar surface area (TPSA) is 208 Å². The number of carbonyl (C=O) groups is 5. The Balaban J connectivity index is 3.02. The molecule has 15 heteroatoms. The van der Waals surface area contributed by atoms with Gasteiger partial charge in [-0.15, -0.1) is 0 Å². The zero-order valence-corrected chi connectivity index (χ0v) is 32.1. The quantitative estimate of drug-likeness (QED) is 0.0985. The number of carbonyl (C=O) groups excluding carboxylic acids is 5. The summed E-state index contributed by atoms with van der Waals surface area (Å²) in [5.74, 6) is -1.58. The van der Waals surface area contributed by atoms with Gasteiger partial charge in [0.1, 0.15) is 35.6 Å². The SMILES string of the molecule is CSCC[C@H](NC(=O)[C@@H](NC(=O)OC(C)(C)C)C(C)C)C(=O)N[C@@H](CC(C)C)[C@@H](O)C[C@@H](O)C(=O)N[C@@H](CC(C)C)C(=O)NCc1ccco1. The maximum Gasteiger partial charge on any atom is 0.408 e. The molecule has 1 aromatic heterocycles. The number of aliphatic hydroxyl groups is 2. The first-order chi connectivity index (χ1) is 23.2. The lowest BCUT2D eigenvalue weighted by Crippen LogP contribution is -2.58. The molecule has 0 saturated heterocycles. The molecule has 0 fully saturated rings. The molecule has 6 atom stereocenters. The van der Waals surface area contributed by atoms with Crippen LogP contribution in [0.3, 0.4) is 0 Å². The van der Waals surface area contributed by atoms with Gasteiger partial charge in [0.15, 0.2) is 0 Å². The van der Waals surface area contributed by atoms with Gasteiger partial charge in [-0.05, 0) is 81.9 Å². The summed E-state index contributed by atoms with van der Waals surface area (Å²) in [6, 6.07) is -0.381. The Morgan fingerprint density at radius 3 is 1.96 bits per heavy atom. The van der Waals surface area contributed by atoms with Crippen molar-refractivity contribution in [3.8, 4) is 0 Å². The van der Waals surface area contributed by atoms with E-state index in [9.17, 15) is 34.2 Å². The number of amides is 5. The van der Waals surface area contributed by atoms with Crippen LogP contribution in [0.5, 0.6) is 0 Å². The third kappa shape index (κ3) is 17.6. The summed E-state index contributed by atoms with van der Waals surface area (Å²) < 4.78 is 10.6. The molecular formula is C35H61N5O9S. The average molecular weight is 728 g/mol. The minimum absolute atomic E-state index is 0.0109. The highest BCUT2D eigenvalue weighted by molar-refractivity contribution is 7.98. The van der Waals surface area contributed by atoms with Crippen molar-refractivity contribution in [3.63, 3.8) is 0 Å². The number of aliphatic hydroxyl groups excluding tert-OH is 2. The predicted octanol–water partition coefficient (Wildman–Crippen LogP) is 2.86. The Morgan fingerprint density at radius 2 is 1.44 bits per heavy atom. The van der Waals surface area contributed by atoms with E-state index in [2.05, 4.69) is 26.6 Å². The van der Waals surface area contributed by atoms with Crippen molar-refractivity contribution in [2.24, 2.45) is 17.8 Å². The molecule has 1 heterocycles. The Morgan fingerprint density at radius 1 is 0.820 bits per heavy atom. The lowest BCUT2D eigenvalue weighted by atomic mass is 9.94. The second-order valence-corrected chi connectivity index (χ2v) is 15.7. The molecule has 1 aromatic rings. The smallest absolute Gasteiger partial charge is 0.408 e. The summed E-state index contributed by atoms with van der Waals surface area (Å²) in [6.45, 7) is 16.4. The monoisotopic (exact) mass is 727 g/mol. The van der Waals surface area contributed by atoms with Crippen molar-refractivity contribution in [2.45, 2.75) is 137 Å². The fourth-order valence-electron chi connectivity index (χ4n) is 5.02. The summed E-state index contributed by atoms with van der Waals surface area (Å²) in [5.41, 5.74) is -0.769. The highest BCUT2D eigenvalue weighted by Gasteiger charge is 2.34.